The standard InChI is InChI=1S/C20H29NO8/c1-19(2,3)29-18(24)21-11-12-15-13(8-6-7-9-27-15)28-20(12,10-14(22)25-4)16(21)17(23)26-5/h6,8,12-13,15-16H,7,9-11H2,1-5H3/t12-,13-,15-,16-,20+/m1/s1. The highest BCUT2D eigenvalue weighted by molar-refractivity contribution is 5.86. The fourth-order valence-electron chi connectivity index (χ4n) is 4.39. The summed E-state index contributed by atoms with van der Waals surface area (Å²) in [7, 11) is 2.50. The van der Waals surface area contributed by atoms with E-state index in [0.29, 0.717) is 6.61 Å². The summed E-state index contributed by atoms with van der Waals surface area (Å²) < 4.78 is 27.7. The first-order chi connectivity index (χ1) is 13.6. The lowest BCUT2D eigenvalue weighted by Gasteiger charge is -2.35. The summed E-state index contributed by atoms with van der Waals surface area (Å²) in [4.78, 5) is 39.3. The van der Waals surface area contributed by atoms with E-state index >= 15 is 0 Å². The summed E-state index contributed by atoms with van der Waals surface area (Å²) in [6, 6.07) is -1.16. The zero-order valence-corrected chi connectivity index (χ0v) is 17.5. The number of methoxy groups -OCH3 is 2. The van der Waals surface area contributed by atoms with Gasteiger partial charge in [-0.25, -0.2) is 9.59 Å². The maximum Gasteiger partial charge on any atom is 0.411 e. The van der Waals surface area contributed by atoms with Gasteiger partial charge in [0, 0.05) is 12.5 Å². The number of hydrogen-bond acceptors (Lipinski definition) is 8. The molecule has 2 fully saturated rings. The van der Waals surface area contributed by atoms with Crippen molar-refractivity contribution in [1.29, 1.82) is 0 Å². The van der Waals surface area contributed by atoms with Crippen molar-refractivity contribution in [1.82, 2.24) is 4.90 Å². The van der Waals surface area contributed by atoms with Crippen LogP contribution in [0.25, 0.3) is 0 Å². The summed E-state index contributed by atoms with van der Waals surface area (Å²) in [5.74, 6) is -1.65. The number of esters is 2. The number of fused-ring (bicyclic) bond motifs is 3. The highest BCUT2D eigenvalue weighted by Crippen LogP contribution is 2.51. The molecule has 162 valence electrons. The van der Waals surface area contributed by atoms with E-state index in [1.807, 2.05) is 12.2 Å². The molecular formula is C20H29NO8. The maximum atomic E-state index is 12.9. The Balaban J connectivity index is 2.03. The summed E-state index contributed by atoms with van der Waals surface area (Å²) in [5, 5.41) is 0. The average molecular weight is 411 g/mol. The molecular weight excluding hydrogens is 382 g/mol. The number of ether oxygens (including phenoxy) is 5. The smallest absolute Gasteiger partial charge is 0.411 e. The maximum absolute atomic E-state index is 12.9. The molecule has 29 heavy (non-hydrogen) atoms. The third kappa shape index (κ3) is 3.98. The van der Waals surface area contributed by atoms with Gasteiger partial charge in [-0.2, -0.15) is 0 Å². The van der Waals surface area contributed by atoms with Crippen LogP contribution in [0.5, 0.6) is 0 Å². The minimum absolute atomic E-state index is 0.140. The van der Waals surface area contributed by atoms with E-state index in [4.69, 9.17) is 23.7 Å². The largest absolute Gasteiger partial charge is 0.469 e. The van der Waals surface area contributed by atoms with E-state index in [1.165, 1.54) is 19.1 Å². The molecule has 3 aliphatic heterocycles. The Labute approximate surface area is 170 Å². The molecule has 2 saturated heterocycles. The van der Waals surface area contributed by atoms with Crippen molar-refractivity contribution < 1.29 is 38.1 Å². The lowest BCUT2D eigenvalue weighted by molar-refractivity contribution is -0.163. The molecule has 3 heterocycles. The van der Waals surface area contributed by atoms with E-state index < -0.39 is 53.4 Å². The number of carbonyl (C=O) groups excluding carboxylic acids is 3. The molecule has 0 aromatic heterocycles. The number of carbonyl (C=O) groups is 3. The average Bonchev–Trinajstić information content (AvgIpc) is 2.98. The van der Waals surface area contributed by atoms with Crippen LogP contribution in [0.3, 0.4) is 0 Å². The van der Waals surface area contributed by atoms with Crippen LogP contribution in [0.15, 0.2) is 12.2 Å². The minimum Gasteiger partial charge on any atom is -0.469 e. The van der Waals surface area contributed by atoms with Crippen LogP contribution in [-0.4, -0.2) is 79.8 Å². The molecule has 0 saturated carbocycles. The van der Waals surface area contributed by atoms with Gasteiger partial charge < -0.3 is 23.7 Å². The topological polar surface area (TPSA) is 101 Å². The fraction of sp³-hybridized carbons (Fsp3) is 0.750. The van der Waals surface area contributed by atoms with Crippen LogP contribution in [-0.2, 0) is 33.3 Å². The van der Waals surface area contributed by atoms with Gasteiger partial charge in [0.05, 0.1) is 33.4 Å². The Morgan fingerprint density at radius 3 is 2.55 bits per heavy atom. The van der Waals surface area contributed by atoms with Gasteiger partial charge in [0.1, 0.15) is 17.3 Å². The number of nitrogens with zero attached hydrogens (tertiary/aromatic N) is 1. The molecule has 0 bridgehead atoms. The predicted molar refractivity (Wildman–Crippen MR) is 100.0 cm³/mol. The Morgan fingerprint density at radius 1 is 1.21 bits per heavy atom. The van der Waals surface area contributed by atoms with E-state index in [9.17, 15) is 14.4 Å². The monoisotopic (exact) mass is 411 g/mol. The van der Waals surface area contributed by atoms with E-state index in [2.05, 4.69) is 0 Å². The lowest BCUT2D eigenvalue weighted by Crippen LogP contribution is -2.55. The zero-order chi connectivity index (χ0) is 21.4. The van der Waals surface area contributed by atoms with Crippen molar-refractivity contribution in [2.75, 3.05) is 27.4 Å². The number of rotatable bonds is 3. The molecule has 0 aromatic carbocycles. The lowest BCUT2D eigenvalue weighted by atomic mass is 9.80. The van der Waals surface area contributed by atoms with Gasteiger partial charge in [-0.3, -0.25) is 9.69 Å². The van der Waals surface area contributed by atoms with E-state index in [0.717, 1.165) is 6.42 Å². The summed E-state index contributed by atoms with van der Waals surface area (Å²) in [6.07, 6.45) is 2.87. The number of hydrogen-bond donors (Lipinski definition) is 0. The summed E-state index contributed by atoms with van der Waals surface area (Å²) >= 11 is 0. The van der Waals surface area contributed by atoms with Crippen LogP contribution >= 0.6 is 0 Å². The van der Waals surface area contributed by atoms with Crippen molar-refractivity contribution in [3.05, 3.63) is 12.2 Å². The molecule has 0 N–H and O–H groups in total. The van der Waals surface area contributed by atoms with Crippen molar-refractivity contribution in [2.24, 2.45) is 5.92 Å². The van der Waals surface area contributed by atoms with Crippen molar-refractivity contribution in [2.45, 2.75) is 63.1 Å². The van der Waals surface area contributed by atoms with E-state index in [1.54, 1.807) is 20.8 Å². The quantitative estimate of drug-likeness (QED) is 0.391. The predicted octanol–water partition coefficient (Wildman–Crippen LogP) is 1.44. The molecule has 0 aromatic rings. The summed E-state index contributed by atoms with van der Waals surface area (Å²) in [6.45, 7) is 5.85. The zero-order valence-electron chi connectivity index (χ0n) is 17.5. The first-order valence-electron chi connectivity index (χ1n) is 9.73. The molecule has 9 heteroatoms. The molecule has 0 radical (unpaired) electrons. The first kappa shape index (κ1) is 21.6. The van der Waals surface area contributed by atoms with Gasteiger partial charge in [-0.05, 0) is 27.2 Å². The molecule has 9 nitrogen and oxygen atoms in total. The fourth-order valence-corrected chi connectivity index (χ4v) is 4.39. The summed E-state index contributed by atoms with van der Waals surface area (Å²) in [5.41, 5.74) is -2.08. The van der Waals surface area contributed by atoms with Crippen molar-refractivity contribution >= 4 is 18.0 Å². The van der Waals surface area contributed by atoms with Crippen LogP contribution in [0, 0.1) is 5.92 Å². The van der Waals surface area contributed by atoms with Gasteiger partial charge in [0.2, 0.25) is 0 Å². The Kier molecular flexibility index (Phi) is 5.91. The second-order valence-corrected chi connectivity index (χ2v) is 8.51. The SMILES string of the molecule is COC(=O)C[C@]12O[C@@H]3C=CCCO[C@@H]3[C@H]1CN(C(=O)OC(C)(C)C)[C@@H]2C(=O)OC. The molecule has 0 aliphatic carbocycles. The highest BCUT2D eigenvalue weighted by Gasteiger charge is 2.69. The normalized spacial score (nSPS) is 33.5. The van der Waals surface area contributed by atoms with Crippen LogP contribution in [0.2, 0.25) is 0 Å². The van der Waals surface area contributed by atoms with Gasteiger partial charge >= 0.3 is 18.0 Å². The molecule has 1 amide bonds. The molecule has 0 unspecified atom stereocenters. The Hall–Kier alpha value is -2.13. The molecule has 0 spiro atoms. The van der Waals surface area contributed by atoms with Crippen molar-refractivity contribution in [3.8, 4) is 0 Å². The Morgan fingerprint density at radius 2 is 1.93 bits per heavy atom. The van der Waals surface area contributed by atoms with Crippen molar-refractivity contribution in [3.63, 3.8) is 0 Å². The molecule has 5 atom stereocenters. The Bertz CT molecular complexity index is 699. The van der Waals surface area contributed by atoms with E-state index in [-0.39, 0.29) is 13.0 Å². The van der Waals surface area contributed by atoms with Gasteiger partial charge in [-0.15, -0.1) is 0 Å². The second kappa shape index (κ2) is 7.95. The molecule has 3 aliphatic rings. The van der Waals surface area contributed by atoms with Gasteiger partial charge in [-0.1, -0.05) is 12.2 Å². The first-order valence-corrected chi connectivity index (χ1v) is 9.73. The van der Waals surface area contributed by atoms with Crippen LogP contribution in [0.4, 0.5) is 4.79 Å². The number of amides is 1. The third-order valence-electron chi connectivity index (χ3n) is 5.49. The molecule has 3 rings (SSSR count). The van der Waals surface area contributed by atoms with Crippen LogP contribution in [0.1, 0.15) is 33.6 Å². The van der Waals surface area contributed by atoms with Gasteiger partial charge in [0.15, 0.2) is 6.04 Å². The second-order valence-electron chi connectivity index (χ2n) is 8.51. The van der Waals surface area contributed by atoms with Gasteiger partial charge in [0.25, 0.3) is 0 Å². The highest BCUT2D eigenvalue weighted by atomic mass is 16.6. The minimum atomic E-state index is -1.33. The number of likely N-dealkylation sites (tertiary alicyclic amines) is 1. The van der Waals surface area contributed by atoms with Crippen LogP contribution < -0.4 is 0 Å². The third-order valence-corrected chi connectivity index (χ3v) is 5.49.